The van der Waals surface area contributed by atoms with Crippen LogP contribution < -0.4 is 4.90 Å². The summed E-state index contributed by atoms with van der Waals surface area (Å²) in [5, 5.41) is 11.1. The molecule has 0 aliphatic heterocycles. The Morgan fingerprint density at radius 1 is 1.30 bits per heavy atom. The maximum atomic E-state index is 9.00. The number of aromatic nitrogens is 2. The zero-order chi connectivity index (χ0) is 14.1. The first-order valence-corrected chi connectivity index (χ1v) is 7.01. The Labute approximate surface area is 120 Å². The molecule has 0 fully saturated rings. The van der Waals surface area contributed by atoms with Gasteiger partial charge in [-0.1, -0.05) is 6.07 Å². The Morgan fingerprint density at radius 2 is 2.15 bits per heavy atom. The molecule has 0 spiro atoms. The number of hydrogen-bond acceptors (Lipinski definition) is 5. The van der Waals surface area contributed by atoms with Crippen LogP contribution in [0, 0.1) is 18.3 Å². The van der Waals surface area contributed by atoms with Crippen LogP contribution in [0.2, 0.25) is 0 Å². The van der Waals surface area contributed by atoms with Gasteiger partial charge in [0.25, 0.3) is 0 Å². The lowest BCUT2D eigenvalue weighted by Gasteiger charge is -2.18. The highest BCUT2D eigenvalue weighted by molar-refractivity contribution is 7.18. The van der Waals surface area contributed by atoms with Crippen LogP contribution in [0.1, 0.15) is 11.1 Å². The van der Waals surface area contributed by atoms with Crippen LogP contribution in [0.5, 0.6) is 0 Å². The fourth-order valence-electron chi connectivity index (χ4n) is 2.10. The molecule has 0 saturated heterocycles. The second-order valence-corrected chi connectivity index (χ2v) is 5.39. The molecule has 5 heteroatoms. The molecule has 0 bridgehead atoms. The van der Waals surface area contributed by atoms with E-state index in [0.717, 1.165) is 27.3 Å². The van der Waals surface area contributed by atoms with Crippen LogP contribution in [0.4, 0.5) is 11.5 Å². The average Bonchev–Trinajstić information content (AvgIpc) is 2.88. The summed E-state index contributed by atoms with van der Waals surface area (Å²) in [5.41, 5.74) is 3.73. The van der Waals surface area contributed by atoms with E-state index in [1.165, 1.54) is 0 Å². The van der Waals surface area contributed by atoms with Gasteiger partial charge in [0.1, 0.15) is 6.33 Å². The van der Waals surface area contributed by atoms with Gasteiger partial charge in [0.05, 0.1) is 21.8 Å². The number of nitrogens with zero attached hydrogens (tertiary/aromatic N) is 4. The maximum Gasteiger partial charge on any atom is 0.154 e. The highest BCUT2D eigenvalue weighted by Gasteiger charge is 2.13. The molecule has 4 nitrogen and oxygen atoms in total. The van der Waals surface area contributed by atoms with E-state index in [4.69, 9.17) is 5.26 Å². The third-order valence-electron chi connectivity index (χ3n) is 3.19. The van der Waals surface area contributed by atoms with Crippen molar-refractivity contribution < 1.29 is 0 Å². The van der Waals surface area contributed by atoms with Crippen LogP contribution in [-0.2, 0) is 0 Å². The van der Waals surface area contributed by atoms with Crippen molar-refractivity contribution in [3.8, 4) is 6.07 Å². The zero-order valence-corrected chi connectivity index (χ0v) is 12.0. The number of hydrogen-bond donors (Lipinski definition) is 0. The van der Waals surface area contributed by atoms with Crippen molar-refractivity contribution in [1.29, 1.82) is 5.26 Å². The fraction of sp³-hybridized carbons (Fsp3) is 0.133. The Kier molecular flexibility index (Phi) is 3.09. The van der Waals surface area contributed by atoms with E-state index in [2.05, 4.69) is 21.4 Å². The van der Waals surface area contributed by atoms with Gasteiger partial charge in [0, 0.05) is 12.7 Å². The molecule has 0 aliphatic rings. The summed E-state index contributed by atoms with van der Waals surface area (Å²) in [7, 11) is 1.95. The molecule has 3 rings (SSSR count). The predicted molar refractivity (Wildman–Crippen MR) is 81.4 cm³/mol. The van der Waals surface area contributed by atoms with E-state index < -0.39 is 0 Å². The number of anilines is 2. The minimum Gasteiger partial charge on any atom is -0.328 e. The van der Waals surface area contributed by atoms with E-state index >= 15 is 0 Å². The minimum atomic E-state index is 0.641. The third kappa shape index (κ3) is 2.00. The van der Waals surface area contributed by atoms with Crippen molar-refractivity contribution in [2.45, 2.75) is 6.92 Å². The zero-order valence-electron chi connectivity index (χ0n) is 11.2. The molecule has 98 valence electrons. The fourth-order valence-corrected chi connectivity index (χ4v) is 3.13. The Morgan fingerprint density at radius 3 is 2.95 bits per heavy atom. The molecule has 0 unspecified atom stereocenters. The largest absolute Gasteiger partial charge is 0.328 e. The summed E-state index contributed by atoms with van der Waals surface area (Å²) in [5.74, 6) is 0.864. The standard InChI is InChI=1S/C15H12N4S/c1-10-8-20-14-13(10)17-9-18-15(14)19(2)12-5-3-4-11(6-12)7-16/h3-6,8-9H,1-2H3. The summed E-state index contributed by atoms with van der Waals surface area (Å²) >= 11 is 1.64. The van der Waals surface area contributed by atoms with Crippen molar-refractivity contribution in [2.75, 3.05) is 11.9 Å². The van der Waals surface area contributed by atoms with Gasteiger partial charge in [-0.15, -0.1) is 11.3 Å². The molecule has 2 aromatic heterocycles. The Balaban J connectivity index is 2.13. The van der Waals surface area contributed by atoms with Gasteiger partial charge >= 0.3 is 0 Å². The Bertz CT molecular complexity index is 816. The van der Waals surface area contributed by atoms with Crippen molar-refractivity contribution >= 4 is 33.1 Å². The molecule has 0 atom stereocenters. The van der Waals surface area contributed by atoms with Crippen LogP contribution in [0.3, 0.4) is 0 Å². The summed E-state index contributed by atoms with van der Waals surface area (Å²) in [6, 6.07) is 9.65. The number of nitriles is 1. The topological polar surface area (TPSA) is 52.8 Å². The molecule has 1 aromatic carbocycles. The predicted octanol–water partition coefficient (Wildman–Crippen LogP) is 3.64. The molecular weight excluding hydrogens is 268 g/mol. The number of rotatable bonds is 2. The van der Waals surface area contributed by atoms with Gasteiger partial charge < -0.3 is 4.90 Å². The van der Waals surface area contributed by atoms with Gasteiger partial charge in [-0.05, 0) is 36.1 Å². The van der Waals surface area contributed by atoms with Crippen LogP contribution >= 0.6 is 11.3 Å². The molecule has 0 aliphatic carbocycles. The molecule has 3 aromatic rings. The molecule has 2 heterocycles. The summed E-state index contributed by atoms with van der Waals surface area (Å²) in [6.07, 6.45) is 1.59. The van der Waals surface area contributed by atoms with Crippen molar-refractivity contribution in [3.05, 3.63) is 47.1 Å². The molecule has 0 saturated carbocycles. The highest BCUT2D eigenvalue weighted by atomic mass is 32.1. The van der Waals surface area contributed by atoms with Crippen LogP contribution in [0.15, 0.2) is 36.0 Å². The first-order chi connectivity index (χ1) is 9.70. The average molecular weight is 280 g/mol. The first kappa shape index (κ1) is 12.6. The number of benzene rings is 1. The van der Waals surface area contributed by atoms with Gasteiger partial charge in [0.15, 0.2) is 5.82 Å². The van der Waals surface area contributed by atoms with E-state index in [9.17, 15) is 0 Å². The van der Waals surface area contributed by atoms with Crippen molar-refractivity contribution in [1.82, 2.24) is 9.97 Å². The minimum absolute atomic E-state index is 0.641. The Hall–Kier alpha value is -2.45. The second-order valence-electron chi connectivity index (χ2n) is 4.51. The number of fused-ring (bicyclic) bond motifs is 1. The lowest BCUT2D eigenvalue weighted by atomic mass is 10.2. The van der Waals surface area contributed by atoms with Crippen LogP contribution in [-0.4, -0.2) is 17.0 Å². The van der Waals surface area contributed by atoms with Gasteiger partial charge in [-0.2, -0.15) is 5.26 Å². The smallest absolute Gasteiger partial charge is 0.154 e. The quantitative estimate of drug-likeness (QED) is 0.719. The third-order valence-corrected chi connectivity index (χ3v) is 4.28. The van der Waals surface area contributed by atoms with Crippen molar-refractivity contribution in [3.63, 3.8) is 0 Å². The highest BCUT2D eigenvalue weighted by Crippen LogP contribution is 2.33. The number of aryl methyl sites for hydroxylation is 1. The second kappa shape index (κ2) is 4.91. The molecule has 0 amide bonds. The SMILES string of the molecule is Cc1csc2c(N(C)c3cccc(C#N)c3)ncnc12. The molecule has 0 N–H and O–H groups in total. The monoisotopic (exact) mass is 280 g/mol. The molecule has 20 heavy (non-hydrogen) atoms. The summed E-state index contributed by atoms with van der Waals surface area (Å²) in [6.45, 7) is 2.05. The summed E-state index contributed by atoms with van der Waals surface area (Å²) < 4.78 is 1.06. The van der Waals surface area contributed by atoms with E-state index in [1.807, 2.05) is 37.1 Å². The lowest BCUT2D eigenvalue weighted by molar-refractivity contribution is 1.11. The van der Waals surface area contributed by atoms with E-state index in [1.54, 1.807) is 23.7 Å². The molecule has 0 radical (unpaired) electrons. The first-order valence-electron chi connectivity index (χ1n) is 6.13. The maximum absolute atomic E-state index is 9.00. The molecular formula is C15H12N4S. The van der Waals surface area contributed by atoms with Gasteiger partial charge in [-0.3, -0.25) is 0 Å². The normalized spacial score (nSPS) is 10.4. The number of thiophene rings is 1. The van der Waals surface area contributed by atoms with Crippen molar-refractivity contribution in [2.24, 2.45) is 0 Å². The van der Waals surface area contributed by atoms with Gasteiger partial charge in [-0.25, -0.2) is 9.97 Å². The van der Waals surface area contributed by atoms with Crippen LogP contribution in [0.25, 0.3) is 10.2 Å². The lowest BCUT2D eigenvalue weighted by Crippen LogP contribution is -2.11. The van der Waals surface area contributed by atoms with E-state index in [0.29, 0.717) is 5.56 Å². The summed E-state index contributed by atoms with van der Waals surface area (Å²) in [4.78, 5) is 10.7. The van der Waals surface area contributed by atoms with Gasteiger partial charge in [0.2, 0.25) is 0 Å². The van der Waals surface area contributed by atoms with E-state index in [-0.39, 0.29) is 0 Å².